The maximum Gasteiger partial charge on any atom is 0.0771 e. The van der Waals surface area contributed by atoms with Gasteiger partial charge in [0.1, 0.15) is 0 Å². The number of aliphatic hydroxyl groups excluding tert-OH is 1. The second-order valence-corrected chi connectivity index (χ2v) is 7.20. The molecule has 0 aliphatic carbocycles. The van der Waals surface area contributed by atoms with Crippen molar-refractivity contribution in [1.29, 1.82) is 0 Å². The molecule has 2 rings (SSSR count). The highest BCUT2D eigenvalue weighted by molar-refractivity contribution is 7.11. The van der Waals surface area contributed by atoms with Crippen LogP contribution in [0.15, 0.2) is 12.1 Å². The molecule has 1 aromatic rings. The van der Waals surface area contributed by atoms with Crippen LogP contribution >= 0.6 is 11.3 Å². The Morgan fingerprint density at radius 2 is 1.75 bits per heavy atom. The third-order valence-corrected chi connectivity index (χ3v) is 6.29. The minimum atomic E-state index is -0.251. The van der Waals surface area contributed by atoms with Crippen LogP contribution in [0.25, 0.3) is 0 Å². The second-order valence-electron chi connectivity index (χ2n) is 5.95. The standard InChI is InChI=1S/C17H29NOS/c1-4-14-9-10-15(20-14)13-16(19)17(5-2,6-3)18-11-7-8-12-18/h9-10,16,19H,4-8,11-13H2,1-3H3. The lowest BCUT2D eigenvalue weighted by Gasteiger charge is -2.44. The minimum Gasteiger partial charge on any atom is -0.391 e. The average Bonchev–Trinajstić information content (AvgIpc) is 3.12. The molecule has 1 aliphatic rings. The maximum atomic E-state index is 10.9. The first kappa shape index (κ1) is 16.0. The van der Waals surface area contributed by atoms with Gasteiger partial charge in [-0.25, -0.2) is 0 Å². The summed E-state index contributed by atoms with van der Waals surface area (Å²) in [6.45, 7) is 8.97. The summed E-state index contributed by atoms with van der Waals surface area (Å²) in [5.41, 5.74) is -0.0210. The Morgan fingerprint density at radius 3 is 2.25 bits per heavy atom. The molecule has 1 aliphatic heterocycles. The van der Waals surface area contributed by atoms with Gasteiger partial charge in [0.05, 0.1) is 6.10 Å². The van der Waals surface area contributed by atoms with Crippen LogP contribution in [-0.4, -0.2) is 34.7 Å². The Labute approximate surface area is 127 Å². The zero-order valence-electron chi connectivity index (χ0n) is 13.2. The van der Waals surface area contributed by atoms with E-state index in [0.717, 1.165) is 38.8 Å². The van der Waals surface area contributed by atoms with E-state index in [1.165, 1.54) is 22.6 Å². The zero-order chi connectivity index (χ0) is 14.6. The van der Waals surface area contributed by atoms with Gasteiger partial charge < -0.3 is 5.11 Å². The Kier molecular flexibility index (Phi) is 5.65. The normalized spacial score (nSPS) is 18.6. The van der Waals surface area contributed by atoms with Gasteiger partial charge >= 0.3 is 0 Å². The molecule has 1 saturated heterocycles. The molecule has 1 unspecified atom stereocenters. The monoisotopic (exact) mass is 295 g/mol. The van der Waals surface area contributed by atoms with E-state index in [2.05, 4.69) is 37.8 Å². The Bertz CT molecular complexity index is 405. The highest BCUT2D eigenvalue weighted by Crippen LogP contribution is 2.34. The van der Waals surface area contributed by atoms with E-state index in [1.807, 2.05) is 11.3 Å². The molecule has 1 atom stereocenters. The van der Waals surface area contributed by atoms with Gasteiger partial charge in [-0.1, -0.05) is 20.8 Å². The fourth-order valence-electron chi connectivity index (χ4n) is 3.64. The van der Waals surface area contributed by atoms with Crippen molar-refractivity contribution in [1.82, 2.24) is 4.90 Å². The van der Waals surface area contributed by atoms with Crippen LogP contribution < -0.4 is 0 Å². The van der Waals surface area contributed by atoms with Gasteiger partial charge in [0.15, 0.2) is 0 Å². The molecule has 2 heterocycles. The fourth-order valence-corrected chi connectivity index (χ4v) is 4.64. The zero-order valence-corrected chi connectivity index (χ0v) is 14.0. The van der Waals surface area contributed by atoms with E-state index in [9.17, 15) is 5.11 Å². The maximum absolute atomic E-state index is 10.9. The van der Waals surface area contributed by atoms with Crippen molar-refractivity contribution in [3.8, 4) is 0 Å². The van der Waals surface area contributed by atoms with E-state index in [0.29, 0.717) is 0 Å². The van der Waals surface area contributed by atoms with Crippen molar-refractivity contribution < 1.29 is 5.11 Å². The van der Waals surface area contributed by atoms with E-state index < -0.39 is 0 Å². The van der Waals surface area contributed by atoms with E-state index in [4.69, 9.17) is 0 Å². The predicted octanol–water partition coefficient (Wildman–Crippen LogP) is 3.87. The first-order chi connectivity index (χ1) is 9.66. The molecule has 3 heteroatoms. The number of rotatable bonds is 7. The highest BCUT2D eigenvalue weighted by atomic mass is 32.1. The Balaban J connectivity index is 2.11. The van der Waals surface area contributed by atoms with Gasteiger partial charge in [0.25, 0.3) is 0 Å². The third kappa shape index (κ3) is 3.10. The molecule has 20 heavy (non-hydrogen) atoms. The quantitative estimate of drug-likeness (QED) is 0.825. The molecule has 2 nitrogen and oxygen atoms in total. The lowest BCUT2D eigenvalue weighted by atomic mass is 9.83. The van der Waals surface area contributed by atoms with Crippen molar-refractivity contribution in [3.05, 3.63) is 21.9 Å². The van der Waals surface area contributed by atoms with Crippen molar-refractivity contribution in [3.63, 3.8) is 0 Å². The summed E-state index contributed by atoms with van der Waals surface area (Å²) in [4.78, 5) is 5.30. The summed E-state index contributed by atoms with van der Waals surface area (Å²) in [6.07, 6.45) is 6.30. The van der Waals surface area contributed by atoms with Crippen LogP contribution in [0, 0.1) is 0 Å². The van der Waals surface area contributed by atoms with Crippen LogP contribution in [0.4, 0.5) is 0 Å². The minimum absolute atomic E-state index is 0.0210. The summed E-state index contributed by atoms with van der Waals surface area (Å²) in [5, 5.41) is 10.9. The highest BCUT2D eigenvalue weighted by Gasteiger charge is 2.41. The van der Waals surface area contributed by atoms with Crippen molar-refractivity contribution >= 4 is 11.3 Å². The van der Waals surface area contributed by atoms with Gasteiger partial charge in [0.2, 0.25) is 0 Å². The number of nitrogens with zero attached hydrogens (tertiary/aromatic N) is 1. The Morgan fingerprint density at radius 1 is 1.15 bits per heavy atom. The third-order valence-electron chi connectivity index (χ3n) is 5.04. The van der Waals surface area contributed by atoms with Gasteiger partial charge in [-0.05, 0) is 57.3 Å². The number of hydrogen-bond acceptors (Lipinski definition) is 3. The lowest BCUT2D eigenvalue weighted by molar-refractivity contribution is -0.0266. The predicted molar refractivity (Wildman–Crippen MR) is 87.5 cm³/mol. The van der Waals surface area contributed by atoms with Gasteiger partial charge in [-0.15, -0.1) is 11.3 Å². The van der Waals surface area contributed by atoms with Crippen molar-refractivity contribution in [2.75, 3.05) is 13.1 Å². The van der Waals surface area contributed by atoms with E-state index >= 15 is 0 Å². The molecule has 0 bridgehead atoms. The number of hydrogen-bond donors (Lipinski definition) is 1. The average molecular weight is 295 g/mol. The SMILES string of the molecule is CCc1ccc(CC(O)C(CC)(CC)N2CCCC2)s1. The molecular formula is C17H29NOS. The van der Waals surface area contributed by atoms with Crippen LogP contribution in [-0.2, 0) is 12.8 Å². The number of thiophene rings is 1. The number of aryl methyl sites for hydroxylation is 1. The van der Waals surface area contributed by atoms with E-state index in [1.54, 1.807) is 0 Å². The Hall–Kier alpha value is -0.380. The van der Waals surface area contributed by atoms with Gasteiger partial charge in [0, 0.05) is 21.7 Å². The van der Waals surface area contributed by atoms with E-state index in [-0.39, 0.29) is 11.6 Å². The summed E-state index contributed by atoms with van der Waals surface area (Å²) < 4.78 is 0. The molecule has 0 saturated carbocycles. The smallest absolute Gasteiger partial charge is 0.0771 e. The van der Waals surface area contributed by atoms with Crippen LogP contribution in [0.3, 0.4) is 0 Å². The summed E-state index contributed by atoms with van der Waals surface area (Å²) in [7, 11) is 0. The largest absolute Gasteiger partial charge is 0.391 e. The van der Waals surface area contributed by atoms with Gasteiger partial charge in [-0.2, -0.15) is 0 Å². The number of likely N-dealkylation sites (tertiary alicyclic amines) is 1. The van der Waals surface area contributed by atoms with Crippen molar-refractivity contribution in [2.45, 2.75) is 70.9 Å². The second kappa shape index (κ2) is 7.06. The number of aliphatic hydroxyl groups is 1. The molecule has 0 aromatic carbocycles. The van der Waals surface area contributed by atoms with Crippen LogP contribution in [0.1, 0.15) is 56.2 Å². The summed E-state index contributed by atoms with van der Waals surface area (Å²) in [6, 6.07) is 4.41. The van der Waals surface area contributed by atoms with Crippen LogP contribution in [0.2, 0.25) is 0 Å². The summed E-state index contributed by atoms with van der Waals surface area (Å²) in [5.74, 6) is 0. The van der Waals surface area contributed by atoms with Crippen LogP contribution in [0.5, 0.6) is 0 Å². The first-order valence-electron chi connectivity index (χ1n) is 8.17. The molecule has 1 aromatic heterocycles. The molecule has 1 fully saturated rings. The van der Waals surface area contributed by atoms with Gasteiger partial charge in [-0.3, -0.25) is 4.90 Å². The molecule has 0 radical (unpaired) electrons. The molecule has 0 amide bonds. The molecule has 1 N–H and O–H groups in total. The van der Waals surface area contributed by atoms with Crippen molar-refractivity contribution in [2.24, 2.45) is 0 Å². The lowest BCUT2D eigenvalue weighted by Crippen LogP contribution is -2.55. The molecule has 114 valence electrons. The fraction of sp³-hybridized carbons (Fsp3) is 0.765. The molecule has 0 spiro atoms. The summed E-state index contributed by atoms with van der Waals surface area (Å²) >= 11 is 1.86. The first-order valence-corrected chi connectivity index (χ1v) is 8.98. The molecular weight excluding hydrogens is 266 g/mol. The topological polar surface area (TPSA) is 23.5 Å².